The third kappa shape index (κ3) is 3.00. The number of nitrogen functional groups attached to an aromatic ring is 2. The van der Waals surface area contributed by atoms with Gasteiger partial charge in [0.05, 0.1) is 0 Å². The van der Waals surface area contributed by atoms with Gasteiger partial charge in [-0.3, -0.25) is 0 Å². The molecule has 0 amide bonds. The summed E-state index contributed by atoms with van der Waals surface area (Å²) in [6, 6.07) is 0. The van der Waals surface area contributed by atoms with E-state index in [0.29, 0.717) is 11.8 Å². The molecule has 0 aliphatic heterocycles. The average Bonchev–Trinajstić information content (AvgIpc) is 3.19. The van der Waals surface area contributed by atoms with Gasteiger partial charge in [-0.15, -0.1) is 0 Å². The van der Waals surface area contributed by atoms with Crippen LogP contribution in [0.15, 0.2) is 5.57 Å². The van der Waals surface area contributed by atoms with E-state index in [-0.39, 0.29) is 0 Å². The van der Waals surface area contributed by atoms with E-state index < -0.39 is 0 Å². The van der Waals surface area contributed by atoms with Gasteiger partial charge in [0, 0.05) is 16.9 Å². The number of rotatable bonds is 3. The van der Waals surface area contributed by atoms with E-state index in [1.807, 2.05) is 0 Å². The predicted molar refractivity (Wildman–Crippen MR) is 102 cm³/mol. The van der Waals surface area contributed by atoms with Crippen LogP contribution in [-0.4, -0.2) is 0 Å². The van der Waals surface area contributed by atoms with Crippen molar-refractivity contribution in [3.05, 3.63) is 27.8 Å². The minimum Gasteiger partial charge on any atom is -0.398 e. The molecule has 0 saturated heterocycles. The molecule has 2 saturated carbocycles. The van der Waals surface area contributed by atoms with E-state index in [1.165, 1.54) is 73.6 Å². The third-order valence-electron chi connectivity index (χ3n) is 5.93. The summed E-state index contributed by atoms with van der Waals surface area (Å²) in [4.78, 5) is 0. The fourth-order valence-electron chi connectivity index (χ4n) is 4.74. The van der Waals surface area contributed by atoms with Gasteiger partial charge in [-0.05, 0) is 75.0 Å². The summed E-state index contributed by atoms with van der Waals surface area (Å²) in [5.74, 6) is 1.30. The van der Waals surface area contributed by atoms with Gasteiger partial charge in [0.2, 0.25) is 0 Å². The smallest absolute Gasteiger partial charge is 0.0441 e. The molecule has 1 aromatic rings. The van der Waals surface area contributed by atoms with Crippen LogP contribution in [0.3, 0.4) is 0 Å². The summed E-state index contributed by atoms with van der Waals surface area (Å²) < 4.78 is 0. The molecule has 2 nitrogen and oxygen atoms in total. The normalized spacial score (nSPS) is 19.4. The van der Waals surface area contributed by atoms with Crippen LogP contribution in [0.25, 0.3) is 6.08 Å². The molecule has 0 aromatic heterocycles. The molecule has 2 fully saturated rings. The Hall–Kier alpha value is -1.44. The molecule has 126 valence electrons. The Bertz CT molecular complexity index is 611. The quantitative estimate of drug-likeness (QED) is 0.683. The second-order valence-corrected chi connectivity index (χ2v) is 7.88. The zero-order chi connectivity index (χ0) is 16.6. The lowest BCUT2D eigenvalue weighted by Gasteiger charge is -2.27. The van der Waals surface area contributed by atoms with Gasteiger partial charge in [-0.25, -0.2) is 0 Å². The largest absolute Gasteiger partial charge is 0.398 e. The van der Waals surface area contributed by atoms with Gasteiger partial charge in [0.15, 0.2) is 0 Å². The number of hydrogen-bond donors (Lipinski definition) is 2. The summed E-state index contributed by atoms with van der Waals surface area (Å²) in [5, 5.41) is 0. The predicted octanol–water partition coefficient (Wildman–Crippen LogP) is 5.90. The molecule has 0 bridgehead atoms. The van der Waals surface area contributed by atoms with E-state index in [0.717, 1.165) is 16.9 Å². The highest BCUT2D eigenvalue weighted by Gasteiger charge is 2.31. The minimum absolute atomic E-state index is 0.647. The first-order valence-corrected chi connectivity index (χ1v) is 9.37. The maximum Gasteiger partial charge on any atom is 0.0441 e. The Balaban J connectivity index is 2.26. The van der Waals surface area contributed by atoms with E-state index in [2.05, 4.69) is 26.8 Å². The van der Waals surface area contributed by atoms with E-state index in [4.69, 9.17) is 11.5 Å². The van der Waals surface area contributed by atoms with Crippen molar-refractivity contribution in [3.63, 3.8) is 0 Å². The van der Waals surface area contributed by atoms with Crippen LogP contribution >= 0.6 is 0 Å². The Labute approximate surface area is 141 Å². The number of anilines is 2. The highest BCUT2D eigenvalue weighted by Crippen LogP contribution is 2.49. The van der Waals surface area contributed by atoms with Crippen molar-refractivity contribution in [2.45, 2.75) is 84.0 Å². The van der Waals surface area contributed by atoms with Gasteiger partial charge in [0.25, 0.3) is 0 Å². The molecule has 0 radical (unpaired) electrons. The number of hydrogen-bond acceptors (Lipinski definition) is 2. The summed E-state index contributed by atoms with van der Waals surface area (Å²) in [6.45, 7) is 6.43. The van der Waals surface area contributed by atoms with Crippen molar-refractivity contribution in [3.8, 4) is 0 Å². The van der Waals surface area contributed by atoms with Crippen LogP contribution in [0.5, 0.6) is 0 Å². The topological polar surface area (TPSA) is 52.0 Å². The Kier molecular flexibility index (Phi) is 4.70. The van der Waals surface area contributed by atoms with E-state index in [9.17, 15) is 0 Å². The molecule has 23 heavy (non-hydrogen) atoms. The van der Waals surface area contributed by atoms with Crippen molar-refractivity contribution in [2.75, 3.05) is 11.5 Å². The monoisotopic (exact) mass is 312 g/mol. The fraction of sp³-hybridized carbons (Fsp3) is 0.619. The summed E-state index contributed by atoms with van der Waals surface area (Å²) in [7, 11) is 0. The van der Waals surface area contributed by atoms with Crippen molar-refractivity contribution in [2.24, 2.45) is 0 Å². The SMILES string of the molecule is CC(C)=Cc1c(N)c(C)c(N)c(C2CCCC2)c1C1CCCC1. The summed E-state index contributed by atoms with van der Waals surface area (Å²) >= 11 is 0. The molecule has 3 rings (SSSR count). The summed E-state index contributed by atoms with van der Waals surface area (Å²) in [6.07, 6.45) is 12.9. The van der Waals surface area contributed by atoms with Crippen LogP contribution < -0.4 is 11.5 Å². The lowest BCUT2D eigenvalue weighted by Crippen LogP contribution is -2.13. The molecule has 2 heteroatoms. The highest BCUT2D eigenvalue weighted by molar-refractivity contribution is 5.81. The van der Waals surface area contributed by atoms with Gasteiger partial charge in [-0.2, -0.15) is 0 Å². The maximum absolute atomic E-state index is 6.63. The van der Waals surface area contributed by atoms with Gasteiger partial charge in [-0.1, -0.05) is 37.3 Å². The first-order chi connectivity index (χ1) is 11.0. The molecule has 1 aromatic carbocycles. The molecule has 0 spiro atoms. The van der Waals surface area contributed by atoms with E-state index in [1.54, 1.807) is 0 Å². The van der Waals surface area contributed by atoms with Gasteiger partial charge >= 0.3 is 0 Å². The van der Waals surface area contributed by atoms with Crippen LogP contribution in [0.2, 0.25) is 0 Å². The molecule has 0 heterocycles. The molecular formula is C21H32N2. The molecule has 0 atom stereocenters. The Morgan fingerprint density at radius 2 is 1.30 bits per heavy atom. The fourth-order valence-corrected chi connectivity index (χ4v) is 4.74. The van der Waals surface area contributed by atoms with Crippen molar-refractivity contribution < 1.29 is 0 Å². The third-order valence-corrected chi connectivity index (χ3v) is 5.93. The molecule has 4 N–H and O–H groups in total. The molecule has 0 unspecified atom stereocenters. The molecule has 2 aliphatic rings. The van der Waals surface area contributed by atoms with Crippen LogP contribution in [0, 0.1) is 6.92 Å². The Morgan fingerprint density at radius 1 is 0.826 bits per heavy atom. The lowest BCUT2D eigenvalue weighted by molar-refractivity contribution is 0.665. The molecule has 2 aliphatic carbocycles. The maximum atomic E-state index is 6.63. The minimum atomic E-state index is 0.647. The van der Waals surface area contributed by atoms with Crippen LogP contribution in [0.1, 0.15) is 99.3 Å². The first-order valence-electron chi connectivity index (χ1n) is 9.37. The standard InChI is InChI=1S/C21H32N2/c1-13(2)12-17-18(15-8-4-5-9-15)19(16-10-6-7-11-16)21(23)14(3)20(17)22/h12,15-16H,4-11,22-23H2,1-3H3. The Morgan fingerprint density at radius 3 is 1.78 bits per heavy atom. The zero-order valence-electron chi connectivity index (χ0n) is 15.0. The van der Waals surface area contributed by atoms with Crippen molar-refractivity contribution >= 4 is 17.5 Å². The van der Waals surface area contributed by atoms with Crippen LogP contribution in [0.4, 0.5) is 11.4 Å². The summed E-state index contributed by atoms with van der Waals surface area (Å²) in [5.41, 5.74) is 21.7. The lowest BCUT2D eigenvalue weighted by atomic mass is 9.79. The van der Waals surface area contributed by atoms with Crippen molar-refractivity contribution in [1.82, 2.24) is 0 Å². The first kappa shape index (κ1) is 16.4. The highest BCUT2D eigenvalue weighted by atomic mass is 14.6. The average molecular weight is 313 g/mol. The number of benzene rings is 1. The van der Waals surface area contributed by atoms with E-state index >= 15 is 0 Å². The zero-order valence-corrected chi connectivity index (χ0v) is 15.0. The van der Waals surface area contributed by atoms with Crippen LogP contribution in [-0.2, 0) is 0 Å². The number of allylic oxidation sites excluding steroid dienone is 1. The second-order valence-electron chi connectivity index (χ2n) is 7.88. The van der Waals surface area contributed by atoms with Crippen molar-refractivity contribution in [1.29, 1.82) is 0 Å². The second kappa shape index (κ2) is 6.59. The molecular weight excluding hydrogens is 280 g/mol. The van der Waals surface area contributed by atoms with Gasteiger partial charge in [0.1, 0.15) is 0 Å². The van der Waals surface area contributed by atoms with Gasteiger partial charge < -0.3 is 11.5 Å². The number of nitrogens with two attached hydrogens (primary N) is 2.